The molecular weight excluding hydrogens is 424 g/mol. The lowest BCUT2D eigenvalue weighted by molar-refractivity contribution is 0.0777. The van der Waals surface area contributed by atoms with Crippen molar-refractivity contribution in [1.29, 1.82) is 0 Å². The molecule has 1 aliphatic heterocycles. The van der Waals surface area contributed by atoms with E-state index in [-0.39, 0.29) is 11.6 Å². The Kier molecular flexibility index (Phi) is 6.20. The summed E-state index contributed by atoms with van der Waals surface area (Å²) in [6, 6.07) is 25.1. The lowest BCUT2D eigenvalue weighted by Crippen LogP contribution is -2.47. The molecule has 174 valence electrons. The topological polar surface area (TPSA) is 49.9 Å². The highest BCUT2D eigenvalue weighted by molar-refractivity contribution is 6.33. The number of fused-ring (bicyclic) bond motifs is 1. The first-order valence-corrected chi connectivity index (χ1v) is 12.0. The molecule has 34 heavy (non-hydrogen) atoms. The van der Waals surface area contributed by atoms with E-state index in [0.29, 0.717) is 17.5 Å². The van der Waals surface area contributed by atoms with Crippen molar-refractivity contribution in [3.8, 4) is 5.75 Å². The zero-order chi connectivity index (χ0) is 23.5. The molecule has 5 heteroatoms. The van der Waals surface area contributed by atoms with E-state index in [9.17, 15) is 9.59 Å². The second kappa shape index (κ2) is 9.43. The van der Waals surface area contributed by atoms with Gasteiger partial charge in [-0.15, -0.1) is 0 Å². The number of piperazine rings is 1. The number of hydrogen-bond donors (Lipinski definition) is 0. The predicted octanol–water partition coefficient (Wildman–Crippen LogP) is 4.61. The lowest BCUT2D eigenvalue weighted by Gasteiger charge is -2.36. The van der Waals surface area contributed by atoms with Gasteiger partial charge in [0.05, 0.1) is 7.11 Å². The summed E-state index contributed by atoms with van der Waals surface area (Å²) in [7, 11) is 1.68. The van der Waals surface area contributed by atoms with Crippen molar-refractivity contribution in [1.82, 2.24) is 4.90 Å². The highest BCUT2D eigenvalue weighted by atomic mass is 16.5. The van der Waals surface area contributed by atoms with Gasteiger partial charge in [0.25, 0.3) is 0 Å². The van der Waals surface area contributed by atoms with Crippen LogP contribution in [0.4, 0.5) is 5.69 Å². The van der Waals surface area contributed by atoms with Gasteiger partial charge in [-0.25, -0.2) is 0 Å². The highest BCUT2D eigenvalue weighted by Crippen LogP contribution is 2.43. The van der Waals surface area contributed by atoms with E-state index in [1.807, 2.05) is 54.6 Å². The summed E-state index contributed by atoms with van der Waals surface area (Å²) >= 11 is 0. The number of nitrogens with zero attached hydrogens (tertiary/aromatic N) is 2. The summed E-state index contributed by atoms with van der Waals surface area (Å²) in [6.45, 7) is 4.72. The maximum absolute atomic E-state index is 13.6. The summed E-state index contributed by atoms with van der Waals surface area (Å²) in [5.41, 5.74) is 2.04. The predicted molar refractivity (Wildman–Crippen MR) is 134 cm³/mol. The molecule has 0 N–H and O–H groups in total. The molecule has 0 radical (unpaired) electrons. The first kappa shape index (κ1) is 22.4. The fourth-order valence-electron chi connectivity index (χ4n) is 5.39. The van der Waals surface area contributed by atoms with Gasteiger partial charge < -0.3 is 9.64 Å². The van der Waals surface area contributed by atoms with Gasteiger partial charge in [0.1, 0.15) is 11.2 Å². The van der Waals surface area contributed by atoms with Crippen LogP contribution in [0.1, 0.15) is 39.1 Å². The third-order valence-electron chi connectivity index (χ3n) is 7.29. The van der Waals surface area contributed by atoms with Crippen molar-refractivity contribution < 1.29 is 14.3 Å². The van der Waals surface area contributed by atoms with Crippen molar-refractivity contribution in [3.05, 3.63) is 95.6 Å². The van der Waals surface area contributed by atoms with Gasteiger partial charge in [-0.2, -0.15) is 0 Å². The molecule has 1 aliphatic carbocycles. The monoisotopic (exact) mass is 454 g/mol. The fraction of sp³-hybridized carbons (Fsp3) is 0.310. The van der Waals surface area contributed by atoms with E-state index >= 15 is 0 Å². The number of carbonyl (C=O) groups is 2. The van der Waals surface area contributed by atoms with Crippen LogP contribution in [-0.2, 0) is 5.41 Å². The molecule has 5 nitrogen and oxygen atoms in total. The molecule has 0 bridgehead atoms. The summed E-state index contributed by atoms with van der Waals surface area (Å²) in [5, 5.41) is 0. The van der Waals surface area contributed by atoms with Gasteiger partial charge in [-0.3, -0.25) is 14.5 Å². The van der Waals surface area contributed by atoms with Crippen LogP contribution >= 0.6 is 0 Å². The van der Waals surface area contributed by atoms with Crippen molar-refractivity contribution >= 4 is 17.3 Å². The minimum absolute atomic E-state index is 0.0522. The number of ketones is 2. The molecule has 3 aromatic rings. The molecule has 0 amide bonds. The van der Waals surface area contributed by atoms with Gasteiger partial charge in [-0.05, 0) is 49.2 Å². The van der Waals surface area contributed by atoms with Crippen molar-refractivity contribution in [2.75, 3.05) is 44.7 Å². The minimum atomic E-state index is -1.10. The smallest absolute Gasteiger partial charge is 0.181 e. The molecule has 0 aromatic heterocycles. The van der Waals surface area contributed by atoms with Gasteiger partial charge in [0.15, 0.2) is 11.6 Å². The van der Waals surface area contributed by atoms with Crippen LogP contribution in [0, 0.1) is 0 Å². The Labute approximate surface area is 201 Å². The van der Waals surface area contributed by atoms with Gasteiger partial charge in [0, 0.05) is 43.0 Å². The molecule has 1 fully saturated rings. The summed E-state index contributed by atoms with van der Waals surface area (Å²) in [6.07, 6.45) is 1.32. The summed E-state index contributed by atoms with van der Waals surface area (Å²) < 4.78 is 5.26. The van der Waals surface area contributed by atoms with Crippen LogP contribution in [0.3, 0.4) is 0 Å². The Morgan fingerprint density at radius 1 is 0.765 bits per heavy atom. The van der Waals surface area contributed by atoms with Crippen molar-refractivity contribution in [2.45, 2.75) is 18.3 Å². The molecule has 0 atom stereocenters. The van der Waals surface area contributed by atoms with Gasteiger partial charge >= 0.3 is 0 Å². The zero-order valence-electron chi connectivity index (χ0n) is 19.6. The highest BCUT2D eigenvalue weighted by Gasteiger charge is 2.53. The van der Waals surface area contributed by atoms with E-state index < -0.39 is 5.41 Å². The Balaban J connectivity index is 1.25. The third kappa shape index (κ3) is 3.90. The molecule has 0 unspecified atom stereocenters. The molecule has 0 spiro atoms. The van der Waals surface area contributed by atoms with E-state index in [4.69, 9.17) is 4.74 Å². The Hall–Kier alpha value is -3.44. The molecular formula is C29H30N2O3. The van der Waals surface area contributed by atoms with E-state index in [0.717, 1.165) is 50.5 Å². The second-order valence-electron chi connectivity index (χ2n) is 9.11. The standard InChI is InChI=1S/C29H30N2O3/c1-34-24-14-12-23(13-15-24)31-20-18-30(19-21-31)17-7-16-29(22-8-3-2-4-9-22)27(32)25-10-5-6-11-26(25)28(29)33/h2-6,8-15H,7,16-21H2,1H3. The normalized spacial score (nSPS) is 17.6. The number of methoxy groups -OCH3 is 1. The SMILES string of the molecule is COc1ccc(N2CCN(CCCC3(c4ccccc4)C(=O)c4ccccc4C3=O)CC2)cc1. The van der Waals surface area contributed by atoms with Crippen molar-refractivity contribution in [2.24, 2.45) is 0 Å². The molecule has 0 saturated carbocycles. The minimum Gasteiger partial charge on any atom is -0.497 e. The number of carbonyl (C=O) groups excluding carboxylic acids is 2. The Morgan fingerprint density at radius 3 is 1.94 bits per heavy atom. The quantitative estimate of drug-likeness (QED) is 0.488. The number of rotatable bonds is 7. The van der Waals surface area contributed by atoms with E-state index in [2.05, 4.69) is 21.9 Å². The van der Waals surface area contributed by atoms with Crippen molar-refractivity contribution in [3.63, 3.8) is 0 Å². The first-order chi connectivity index (χ1) is 16.6. The van der Waals surface area contributed by atoms with Crippen LogP contribution in [0.5, 0.6) is 5.75 Å². The van der Waals surface area contributed by atoms with Crippen LogP contribution in [0.25, 0.3) is 0 Å². The maximum atomic E-state index is 13.6. The zero-order valence-corrected chi connectivity index (χ0v) is 19.6. The average Bonchev–Trinajstić information content (AvgIpc) is 3.12. The number of anilines is 1. The molecule has 5 rings (SSSR count). The van der Waals surface area contributed by atoms with Crippen LogP contribution in [0.2, 0.25) is 0 Å². The van der Waals surface area contributed by atoms with Crippen LogP contribution < -0.4 is 9.64 Å². The molecule has 3 aromatic carbocycles. The van der Waals surface area contributed by atoms with Crippen LogP contribution in [0.15, 0.2) is 78.9 Å². The first-order valence-electron chi connectivity index (χ1n) is 12.0. The van der Waals surface area contributed by atoms with E-state index in [1.165, 1.54) is 5.69 Å². The Bertz CT molecular complexity index is 1130. The maximum Gasteiger partial charge on any atom is 0.181 e. The van der Waals surface area contributed by atoms with E-state index in [1.54, 1.807) is 19.2 Å². The van der Waals surface area contributed by atoms with Gasteiger partial charge in [0.2, 0.25) is 0 Å². The number of hydrogen-bond acceptors (Lipinski definition) is 5. The second-order valence-corrected chi connectivity index (χ2v) is 9.11. The molecule has 1 heterocycles. The summed E-state index contributed by atoms with van der Waals surface area (Å²) in [5.74, 6) is 0.764. The lowest BCUT2D eigenvalue weighted by atomic mass is 9.72. The molecule has 2 aliphatic rings. The number of Topliss-reactive ketones (excluding diaryl/α,β-unsaturated/α-hetero) is 2. The number of benzene rings is 3. The molecule has 1 saturated heterocycles. The fourth-order valence-corrected chi connectivity index (χ4v) is 5.39. The van der Waals surface area contributed by atoms with Crippen LogP contribution in [-0.4, -0.2) is 56.3 Å². The summed E-state index contributed by atoms with van der Waals surface area (Å²) in [4.78, 5) is 32.0. The average molecular weight is 455 g/mol. The number of ether oxygens (including phenoxy) is 1. The third-order valence-corrected chi connectivity index (χ3v) is 7.29. The van der Waals surface area contributed by atoms with Gasteiger partial charge in [-0.1, -0.05) is 54.6 Å². The Morgan fingerprint density at radius 2 is 1.35 bits per heavy atom. The largest absolute Gasteiger partial charge is 0.497 e.